The number of carbonyl (C=O) groups excluding carboxylic acids is 1. The third-order valence-corrected chi connectivity index (χ3v) is 5.73. The van der Waals surface area contributed by atoms with Gasteiger partial charge in [0.2, 0.25) is 11.2 Å². The summed E-state index contributed by atoms with van der Waals surface area (Å²) in [5, 5.41) is 1.25. The molecule has 0 fully saturated rings. The van der Waals surface area contributed by atoms with Crippen molar-refractivity contribution >= 4 is 40.0 Å². The summed E-state index contributed by atoms with van der Waals surface area (Å²) in [6, 6.07) is 16.8. The Balaban J connectivity index is 1.73. The van der Waals surface area contributed by atoms with Gasteiger partial charge in [0.15, 0.2) is 18.2 Å². The van der Waals surface area contributed by atoms with Gasteiger partial charge in [-0.3, -0.25) is 9.59 Å². The van der Waals surface area contributed by atoms with Crippen molar-refractivity contribution in [3.05, 3.63) is 92.1 Å². The van der Waals surface area contributed by atoms with Crippen LogP contribution < -0.4 is 14.9 Å². The van der Waals surface area contributed by atoms with E-state index in [1.165, 1.54) is 0 Å². The van der Waals surface area contributed by atoms with Gasteiger partial charge in [0, 0.05) is 21.2 Å². The average molecular weight is 483 g/mol. The molecule has 0 bridgehead atoms. The van der Waals surface area contributed by atoms with Crippen molar-refractivity contribution in [3.8, 4) is 22.8 Å². The third-order valence-electron chi connectivity index (χ3n) is 5.07. The van der Waals surface area contributed by atoms with Crippen molar-refractivity contribution in [3.63, 3.8) is 0 Å². The molecule has 0 radical (unpaired) electrons. The minimum absolute atomic E-state index is 0.0657. The number of carbonyl (C=O) groups is 1. The first-order valence-corrected chi connectivity index (χ1v) is 11.0. The number of Topliss-reactive ketones (excluding diaryl/α,β-unsaturated/α-hetero) is 1. The minimum Gasteiger partial charge on any atom is -0.494 e. The topological polar surface area (TPSA) is 65.7 Å². The summed E-state index contributed by atoms with van der Waals surface area (Å²) in [6.07, 6.45) is 0. The minimum atomic E-state index is -0.414. The Morgan fingerprint density at radius 3 is 2.33 bits per heavy atom. The molecule has 0 spiro atoms. The Morgan fingerprint density at radius 2 is 1.67 bits per heavy atom. The number of ketones is 1. The summed E-state index contributed by atoms with van der Waals surface area (Å²) in [5.74, 6) is 0.526. The second-order valence-electron chi connectivity index (χ2n) is 7.36. The summed E-state index contributed by atoms with van der Waals surface area (Å²) >= 11 is 12.2. The maximum Gasteiger partial charge on any atom is 0.235 e. The highest BCUT2D eigenvalue weighted by atomic mass is 35.5. The van der Waals surface area contributed by atoms with E-state index < -0.39 is 5.43 Å². The molecule has 0 saturated heterocycles. The van der Waals surface area contributed by atoms with E-state index in [0.29, 0.717) is 39.1 Å². The summed E-state index contributed by atoms with van der Waals surface area (Å²) in [5.41, 5.74) is 1.76. The molecule has 0 atom stereocenters. The van der Waals surface area contributed by atoms with Crippen LogP contribution in [0.3, 0.4) is 0 Å². The molecule has 0 unspecified atom stereocenters. The van der Waals surface area contributed by atoms with Gasteiger partial charge in [0.1, 0.15) is 11.3 Å². The van der Waals surface area contributed by atoms with E-state index in [1.807, 2.05) is 13.8 Å². The van der Waals surface area contributed by atoms with Crippen LogP contribution in [0.15, 0.2) is 69.9 Å². The zero-order chi connectivity index (χ0) is 23.5. The van der Waals surface area contributed by atoms with Gasteiger partial charge >= 0.3 is 0 Å². The van der Waals surface area contributed by atoms with Crippen molar-refractivity contribution in [2.75, 3.05) is 13.2 Å². The lowest BCUT2D eigenvalue weighted by molar-refractivity contribution is 0.0920. The fraction of sp³-hybridized carbons (Fsp3) is 0.154. The van der Waals surface area contributed by atoms with Crippen molar-refractivity contribution in [2.24, 2.45) is 0 Å². The molecule has 1 aromatic heterocycles. The summed E-state index contributed by atoms with van der Waals surface area (Å²) in [4.78, 5) is 26.0. The van der Waals surface area contributed by atoms with Crippen molar-refractivity contribution in [1.29, 1.82) is 0 Å². The van der Waals surface area contributed by atoms with Gasteiger partial charge in [-0.1, -0.05) is 23.2 Å². The average Bonchev–Trinajstić information content (AvgIpc) is 2.81. The summed E-state index contributed by atoms with van der Waals surface area (Å²) < 4.78 is 17.2. The molecule has 33 heavy (non-hydrogen) atoms. The number of aryl methyl sites for hydroxylation is 1. The fourth-order valence-corrected chi connectivity index (χ4v) is 3.64. The second kappa shape index (κ2) is 9.69. The highest BCUT2D eigenvalue weighted by molar-refractivity contribution is 6.32. The largest absolute Gasteiger partial charge is 0.494 e. The normalized spacial score (nSPS) is 10.9. The molecule has 168 valence electrons. The van der Waals surface area contributed by atoms with E-state index in [9.17, 15) is 9.59 Å². The van der Waals surface area contributed by atoms with Crippen LogP contribution >= 0.6 is 23.2 Å². The number of halogens is 2. The van der Waals surface area contributed by atoms with Crippen LogP contribution in [0.1, 0.15) is 22.8 Å². The zero-order valence-electron chi connectivity index (χ0n) is 18.0. The quantitative estimate of drug-likeness (QED) is 0.273. The van der Waals surface area contributed by atoms with Gasteiger partial charge in [-0.05, 0) is 80.1 Å². The summed E-state index contributed by atoms with van der Waals surface area (Å²) in [6.45, 7) is 3.90. The molecule has 4 rings (SSSR count). The van der Waals surface area contributed by atoms with E-state index in [0.717, 1.165) is 5.56 Å². The number of fused-ring (bicyclic) bond motifs is 1. The Labute approximate surface area is 200 Å². The van der Waals surface area contributed by atoms with Gasteiger partial charge in [-0.25, -0.2) is 0 Å². The van der Waals surface area contributed by atoms with E-state index in [1.54, 1.807) is 60.7 Å². The fourth-order valence-electron chi connectivity index (χ4n) is 3.35. The molecule has 3 aromatic carbocycles. The van der Waals surface area contributed by atoms with Crippen molar-refractivity contribution in [1.82, 2.24) is 0 Å². The Kier molecular flexibility index (Phi) is 6.72. The van der Waals surface area contributed by atoms with Crippen molar-refractivity contribution in [2.45, 2.75) is 13.8 Å². The van der Waals surface area contributed by atoms with Crippen LogP contribution in [-0.4, -0.2) is 19.0 Å². The first-order chi connectivity index (χ1) is 15.9. The molecule has 0 aliphatic heterocycles. The van der Waals surface area contributed by atoms with Crippen LogP contribution in [0, 0.1) is 6.92 Å². The van der Waals surface area contributed by atoms with E-state index in [4.69, 9.17) is 37.1 Å². The van der Waals surface area contributed by atoms with Crippen LogP contribution in [0.4, 0.5) is 0 Å². The first-order valence-electron chi connectivity index (χ1n) is 10.3. The smallest absolute Gasteiger partial charge is 0.235 e. The maximum absolute atomic E-state index is 13.3. The lowest BCUT2D eigenvalue weighted by atomic mass is 10.1. The molecule has 1 heterocycles. The number of benzene rings is 3. The molecule has 0 aliphatic rings. The van der Waals surface area contributed by atoms with Gasteiger partial charge in [-0.15, -0.1) is 0 Å². The molecule has 0 aliphatic carbocycles. The lowest BCUT2D eigenvalue weighted by Crippen LogP contribution is -2.17. The molecule has 7 heteroatoms. The molecule has 5 nitrogen and oxygen atoms in total. The number of ether oxygens (including phenoxy) is 2. The Morgan fingerprint density at radius 1 is 0.970 bits per heavy atom. The van der Waals surface area contributed by atoms with Crippen LogP contribution in [0.2, 0.25) is 10.0 Å². The molecule has 0 saturated carbocycles. The van der Waals surface area contributed by atoms with E-state index in [2.05, 4.69) is 0 Å². The zero-order valence-corrected chi connectivity index (χ0v) is 19.5. The standard InChI is InChI=1S/C26H20Cl2O5/c1-3-31-19-10-6-16(7-11-19)22(29)14-32-26-24(30)20-13-21(28)15(2)12-23(20)33-25(26)17-4-8-18(27)9-5-17/h4-13H,3,14H2,1-2H3. The van der Waals surface area contributed by atoms with Gasteiger partial charge in [-0.2, -0.15) is 0 Å². The van der Waals surface area contributed by atoms with Crippen LogP contribution in [0.25, 0.3) is 22.3 Å². The van der Waals surface area contributed by atoms with Gasteiger partial charge in [0.05, 0.1) is 12.0 Å². The Bertz CT molecular complexity index is 1370. The predicted octanol–water partition coefficient (Wildman–Crippen LogP) is 6.74. The van der Waals surface area contributed by atoms with Crippen LogP contribution in [-0.2, 0) is 0 Å². The molecule has 0 amide bonds. The second-order valence-corrected chi connectivity index (χ2v) is 8.21. The monoisotopic (exact) mass is 482 g/mol. The van der Waals surface area contributed by atoms with Gasteiger partial charge < -0.3 is 13.9 Å². The SMILES string of the molecule is CCOc1ccc(C(=O)COc2c(-c3ccc(Cl)cc3)oc3cc(C)c(Cl)cc3c2=O)cc1. The first kappa shape index (κ1) is 22.9. The maximum atomic E-state index is 13.3. The molecule has 0 N–H and O–H groups in total. The molecule has 4 aromatic rings. The number of rotatable bonds is 7. The third kappa shape index (κ3) is 4.90. The number of hydrogen-bond acceptors (Lipinski definition) is 5. The van der Waals surface area contributed by atoms with Gasteiger partial charge in [0.25, 0.3) is 0 Å². The van der Waals surface area contributed by atoms with E-state index >= 15 is 0 Å². The van der Waals surface area contributed by atoms with E-state index in [-0.39, 0.29) is 29.3 Å². The highest BCUT2D eigenvalue weighted by Crippen LogP contribution is 2.33. The molecular formula is C26H20Cl2O5. The van der Waals surface area contributed by atoms with Crippen molar-refractivity contribution < 1.29 is 18.7 Å². The van der Waals surface area contributed by atoms with Crippen LogP contribution in [0.5, 0.6) is 11.5 Å². The lowest BCUT2D eigenvalue weighted by Gasteiger charge is -2.12. The number of hydrogen-bond donors (Lipinski definition) is 0. The Hall–Kier alpha value is -3.28. The highest BCUT2D eigenvalue weighted by Gasteiger charge is 2.20. The molecular weight excluding hydrogens is 463 g/mol. The summed E-state index contributed by atoms with van der Waals surface area (Å²) in [7, 11) is 0. The predicted molar refractivity (Wildman–Crippen MR) is 130 cm³/mol.